The van der Waals surface area contributed by atoms with Crippen molar-refractivity contribution in [2.24, 2.45) is 0 Å². The summed E-state index contributed by atoms with van der Waals surface area (Å²) in [6.45, 7) is 4.62. The molecule has 4 aromatic carbocycles. The largest absolute Gasteiger partial charge is 0.349 e. The molecule has 2 nitrogen and oxygen atoms in total. The number of nitrogens with one attached hydrogen (secondary N) is 1. The summed E-state index contributed by atoms with van der Waals surface area (Å²) in [6.07, 6.45) is 2.06. The Balaban J connectivity index is 2.05. The zero-order valence-electron chi connectivity index (χ0n) is 19.8. The van der Waals surface area contributed by atoms with Gasteiger partial charge in [-0.05, 0) is 50.2 Å². The van der Waals surface area contributed by atoms with Gasteiger partial charge in [0.1, 0.15) is 23.2 Å². The van der Waals surface area contributed by atoms with Crippen molar-refractivity contribution in [1.29, 1.82) is 0 Å². The van der Waals surface area contributed by atoms with Gasteiger partial charge in [-0.15, -0.1) is 0 Å². The topological polar surface area (TPSA) is 29.1 Å². The average molecular weight is 465 g/mol. The van der Waals surface area contributed by atoms with Crippen LogP contribution in [0.1, 0.15) is 25.1 Å². The molecule has 1 N–H and O–H groups in total. The lowest BCUT2D eigenvalue weighted by Crippen LogP contribution is -2.42. The van der Waals surface area contributed by atoms with E-state index in [-0.39, 0.29) is 11.6 Å². The summed E-state index contributed by atoms with van der Waals surface area (Å²) in [5, 5.41) is 6.82. The number of allylic oxidation sites excluding steroid dienone is 1. The molecule has 0 bridgehead atoms. The Morgan fingerprint density at radius 1 is 0.676 bits per heavy atom. The maximum absolute atomic E-state index is 14.2. The molecular weight excluding hydrogens is 433 g/mol. The molecule has 1 unspecified atom stereocenters. The predicted octanol–water partition coefficient (Wildman–Crippen LogP) is 5.80. The number of hydrogen-bond acceptors (Lipinski definition) is 1. The van der Waals surface area contributed by atoms with Crippen molar-refractivity contribution in [3.05, 3.63) is 139 Å². The first-order valence-corrected chi connectivity index (χ1v) is 13.5. The summed E-state index contributed by atoms with van der Waals surface area (Å²) < 4.78 is 0. The van der Waals surface area contributed by atoms with Gasteiger partial charge >= 0.3 is 0 Å². The van der Waals surface area contributed by atoms with Crippen molar-refractivity contribution in [2.45, 2.75) is 19.5 Å². The number of hydrogen-bond donors (Lipinski definition) is 1. The maximum Gasteiger partial charge on any atom is 0.266 e. The van der Waals surface area contributed by atoms with Crippen LogP contribution < -0.4 is 21.2 Å². The minimum absolute atomic E-state index is 0.0496. The fraction of sp³-hybridized carbons (Fsp3) is 0.129. The van der Waals surface area contributed by atoms with Crippen molar-refractivity contribution in [3.63, 3.8) is 0 Å². The maximum atomic E-state index is 14.2. The molecule has 0 radical (unpaired) electrons. The normalized spacial score (nSPS) is 11.9. The zero-order chi connectivity index (χ0) is 23.8. The Hall–Kier alpha value is -3.48. The van der Waals surface area contributed by atoms with Gasteiger partial charge in [0.15, 0.2) is 5.66 Å². The first kappa shape index (κ1) is 23.7. The fourth-order valence-electron chi connectivity index (χ4n) is 4.52. The van der Waals surface area contributed by atoms with Crippen molar-refractivity contribution < 1.29 is 4.79 Å². The number of carbonyl (C=O) groups is 1. The van der Waals surface area contributed by atoms with E-state index >= 15 is 0 Å². The highest BCUT2D eigenvalue weighted by Gasteiger charge is 2.56. The fourth-order valence-corrected chi connectivity index (χ4v) is 9.30. The Labute approximate surface area is 203 Å². The van der Waals surface area contributed by atoms with E-state index in [4.69, 9.17) is 0 Å². The zero-order valence-corrected chi connectivity index (χ0v) is 20.7. The Kier molecular flexibility index (Phi) is 7.72. The molecule has 170 valence electrons. The van der Waals surface area contributed by atoms with Crippen LogP contribution in [0.25, 0.3) is 0 Å². The smallest absolute Gasteiger partial charge is 0.266 e. The minimum Gasteiger partial charge on any atom is -0.349 e. The molecule has 0 aliphatic heterocycles. The van der Waals surface area contributed by atoms with Crippen LogP contribution in [-0.4, -0.2) is 12.5 Å². The van der Waals surface area contributed by atoms with E-state index in [0.29, 0.717) is 6.54 Å². The molecule has 4 aromatic rings. The Morgan fingerprint density at radius 3 is 1.44 bits per heavy atom. The van der Waals surface area contributed by atoms with E-state index in [1.807, 2.05) is 36.4 Å². The number of amides is 1. The number of carbonyl (C=O) groups excluding carboxylic acids is 1. The van der Waals surface area contributed by atoms with Crippen LogP contribution in [0.3, 0.4) is 0 Å². The van der Waals surface area contributed by atoms with Gasteiger partial charge in [-0.1, -0.05) is 96.6 Å². The lowest BCUT2D eigenvalue weighted by molar-refractivity contribution is -0.120. The monoisotopic (exact) mass is 464 g/mol. The molecule has 0 spiro atoms. The van der Waals surface area contributed by atoms with Gasteiger partial charge in [-0.3, -0.25) is 4.79 Å². The van der Waals surface area contributed by atoms with Gasteiger partial charge in [0.25, 0.3) is 5.91 Å². The number of benzene rings is 4. The van der Waals surface area contributed by atoms with Crippen molar-refractivity contribution in [2.75, 3.05) is 6.54 Å². The highest BCUT2D eigenvalue weighted by Crippen LogP contribution is 2.66. The molecule has 0 fully saturated rings. The standard InChI is InChI=1S/C31H30NOP/c1-25(2)23-24-32-31(33)30(26-15-7-3-8-16-26)34(27-17-9-4-10-18-27,28-19-11-5-12-20-28)29-21-13-6-14-22-29/h3-23,30H,24H2,1-2H3/p+1. The summed E-state index contributed by atoms with van der Waals surface area (Å²) >= 11 is 0. The second kappa shape index (κ2) is 11.1. The first-order chi connectivity index (χ1) is 16.6. The van der Waals surface area contributed by atoms with Crippen molar-refractivity contribution >= 4 is 29.1 Å². The van der Waals surface area contributed by atoms with E-state index in [2.05, 4.69) is 110 Å². The molecule has 0 aliphatic carbocycles. The quantitative estimate of drug-likeness (QED) is 0.259. The molecule has 3 heteroatoms. The SMILES string of the molecule is CC(C)=CCNC(=O)C(c1ccccc1)[P+](c1ccccc1)(c1ccccc1)c1ccccc1. The third kappa shape index (κ3) is 4.88. The van der Waals surface area contributed by atoms with Crippen molar-refractivity contribution in [3.8, 4) is 0 Å². The predicted molar refractivity (Wildman–Crippen MR) is 147 cm³/mol. The van der Waals surface area contributed by atoms with Crippen LogP contribution in [0.2, 0.25) is 0 Å². The molecule has 1 amide bonds. The van der Waals surface area contributed by atoms with Gasteiger partial charge in [0, 0.05) is 12.1 Å². The van der Waals surface area contributed by atoms with Crippen LogP contribution >= 0.6 is 7.26 Å². The third-order valence-electron chi connectivity index (χ3n) is 6.03. The minimum atomic E-state index is -2.44. The van der Waals surface area contributed by atoms with Crippen LogP contribution in [0, 0.1) is 0 Å². The van der Waals surface area contributed by atoms with E-state index in [9.17, 15) is 4.79 Å². The molecular formula is C31H31NOP+. The second-order valence-corrected chi connectivity index (χ2v) is 12.1. The van der Waals surface area contributed by atoms with E-state index < -0.39 is 7.26 Å². The lowest BCUT2D eigenvalue weighted by Gasteiger charge is -2.34. The molecule has 0 saturated carbocycles. The van der Waals surface area contributed by atoms with E-state index in [1.54, 1.807) is 0 Å². The molecule has 34 heavy (non-hydrogen) atoms. The van der Waals surface area contributed by atoms with Crippen molar-refractivity contribution in [1.82, 2.24) is 5.32 Å². The summed E-state index contributed by atoms with van der Waals surface area (Å²) in [5.74, 6) is 0.0496. The summed E-state index contributed by atoms with van der Waals surface area (Å²) in [7, 11) is -2.44. The molecule has 0 aromatic heterocycles. The summed E-state index contributed by atoms with van der Waals surface area (Å²) in [4.78, 5) is 14.2. The second-order valence-electron chi connectivity index (χ2n) is 8.57. The third-order valence-corrected chi connectivity index (χ3v) is 10.7. The summed E-state index contributed by atoms with van der Waals surface area (Å²) in [5.41, 5.74) is 1.85. The Morgan fingerprint density at radius 2 is 1.06 bits per heavy atom. The van der Waals surface area contributed by atoms with Gasteiger partial charge < -0.3 is 5.32 Å². The first-order valence-electron chi connectivity index (χ1n) is 11.7. The molecule has 4 rings (SSSR count). The van der Waals surface area contributed by atoms with Crippen LogP contribution in [0.15, 0.2) is 133 Å². The summed E-state index contributed by atoms with van der Waals surface area (Å²) in [6, 6.07) is 42.0. The van der Waals surface area contributed by atoms with Crippen LogP contribution in [-0.2, 0) is 4.79 Å². The van der Waals surface area contributed by atoms with Gasteiger partial charge in [0.2, 0.25) is 0 Å². The van der Waals surface area contributed by atoms with E-state index in [1.165, 1.54) is 21.5 Å². The average Bonchev–Trinajstić information content (AvgIpc) is 2.89. The molecule has 0 aliphatic rings. The molecule has 0 saturated heterocycles. The van der Waals surface area contributed by atoms with Gasteiger partial charge in [-0.2, -0.15) is 0 Å². The van der Waals surface area contributed by atoms with E-state index in [0.717, 1.165) is 5.56 Å². The number of rotatable bonds is 8. The highest BCUT2D eigenvalue weighted by molar-refractivity contribution is 7.96. The van der Waals surface area contributed by atoms with Gasteiger partial charge in [0.05, 0.1) is 0 Å². The lowest BCUT2D eigenvalue weighted by atomic mass is 10.1. The highest BCUT2D eigenvalue weighted by atomic mass is 31.2. The molecule has 0 heterocycles. The van der Waals surface area contributed by atoms with Crippen LogP contribution in [0.4, 0.5) is 0 Å². The Bertz CT molecular complexity index is 1120. The van der Waals surface area contributed by atoms with Crippen LogP contribution in [0.5, 0.6) is 0 Å². The molecule has 1 atom stereocenters. The van der Waals surface area contributed by atoms with Gasteiger partial charge in [-0.25, -0.2) is 0 Å².